The number of nitrogens with zero attached hydrogens (tertiary/aromatic N) is 3. The van der Waals surface area contributed by atoms with Gasteiger partial charge in [0, 0.05) is 25.3 Å². The number of carbonyl (C=O) groups excluding carboxylic acids is 1. The number of halogens is 4. The van der Waals surface area contributed by atoms with Crippen LogP contribution in [0, 0.1) is 5.92 Å². The third-order valence-electron chi connectivity index (χ3n) is 3.80. The summed E-state index contributed by atoms with van der Waals surface area (Å²) >= 11 is 0. The van der Waals surface area contributed by atoms with Gasteiger partial charge in [0.05, 0.1) is 0 Å². The van der Waals surface area contributed by atoms with Gasteiger partial charge in [0.15, 0.2) is 5.69 Å². The first-order valence-corrected chi connectivity index (χ1v) is 6.91. The minimum Gasteiger partial charge on any atom is -0.337 e. The van der Waals surface area contributed by atoms with Crippen LogP contribution in [-0.4, -0.2) is 39.7 Å². The fourth-order valence-electron chi connectivity index (χ4n) is 2.63. The molecular weight excluding hydrogens is 321 g/mol. The molecule has 1 amide bonds. The van der Waals surface area contributed by atoms with Gasteiger partial charge in [-0.2, -0.15) is 18.3 Å². The highest BCUT2D eigenvalue weighted by molar-refractivity contribution is 5.85. The van der Waals surface area contributed by atoms with Crippen molar-refractivity contribution in [3.63, 3.8) is 0 Å². The first-order chi connectivity index (χ1) is 9.81. The van der Waals surface area contributed by atoms with E-state index in [1.54, 1.807) is 4.90 Å². The molecule has 2 rings (SSSR count). The molecule has 2 N–H and O–H groups in total. The quantitative estimate of drug-likeness (QED) is 0.914. The topological polar surface area (TPSA) is 64.2 Å². The molecule has 1 aliphatic rings. The second kappa shape index (κ2) is 7.32. The molecule has 0 spiro atoms. The first kappa shape index (κ1) is 18.8. The van der Waals surface area contributed by atoms with Gasteiger partial charge in [0.25, 0.3) is 0 Å². The largest absolute Gasteiger partial charge is 0.435 e. The highest BCUT2D eigenvalue weighted by atomic mass is 35.5. The van der Waals surface area contributed by atoms with Crippen molar-refractivity contribution < 1.29 is 18.0 Å². The van der Waals surface area contributed by atoms with E-state index in [4.69, 9.17) is 5.73 Å². The number of amides is 1. The number of alkyl halides is 3. The summed E-state index contributed by atoms with van der Waals surface area (Å²) in [4.78, 5) is 13.9. The molecule has 0 aliphatic carbocycles. The molecule has 1 aromatic heterocycles. The molecule has 2 atom stereocenters. The number of carbonyl (C=O) groups is 1. The van der Waals surface area contributed by atoms with E-state index in [0.717, 1.165) is 23.6 Å². The van der Waals surface area contributed by atoms with Crippen molar-refractivity contribution in [2.75, 3.05) is 13.1 Å². The monoisotopic (exact) mass is 340 g/mol. The molecule has 5 nitrogen and oxygen atoms in total. The lowest BCUT2D eigenvalue weighted by atomic mass is 9.92. The minimum atomic E-state index is -4.49. The van der Waals surface area contributed by atoms with Crippen LogP contribution in [0.1, 0.15) is 25.5 Å². The van der Waals surface area contributed by atoms with Crippen molar-refractivity contribution in [2.45, 2.75) is 38.5 Å². The van der Waals surface area contributed by atoms with Gasteiger partial charge in [0.1, 0.15) is 6.54 Å². The lowest BCUT2D eigenvalue weighted by Crippen LogP contribution is -2.50. The second-order valence-corrected chi connectivity index (χ2v) is 5.50. The number of piperidine rings is 1. The molecule has 2 heterocycles. The summed E-state index contributed by atoms with van der Waals surface area (Å²) in [6, 6.07) is 0.824. The Morgan fingerprint density at radius 1 is 1.50 bits per heavy atom. The number of nitrogens with two attached hydrogens (primary N) is 1. The van der Waals surface area contributed by atoms with Crippen LogP contribution >= 0.6 is 12.4 Å². The maximum Gasteiger partial charge on any atom is 0.435 e. The van der Waals surface area contributed by atoms with E-state index in [1.807, 2.05) is 0 Å². The summed E-state index contributed by atoms with van der Waals surface area (Å²) in [7, 11) is 0. The molecule has 1 aliphatic heterocycles. The van der Waals surface area contributed by atoms with Crippen molar-refractivity contribution in [2.24, 2.45) is 11.7 Å². The van der Waals surface area contributed by atoms with E-state index in [2.05, 4.69) is 12.0 Å². The van der Waals surface area contributed by atoms with Crippen LogP contribution in [0.4, 0.5) is 13.2 Å². The first-order valence-electron chi connectivity index (χ1n) is 6.91. The summed E-state index contributed by atoms with van der Waals surface area (Å²) in [5, 5.41) is 3.40. The fraction of sp³-hybridized carbons (Fsp3) is 0.692. The molecular formula is C13H20ClF3N4O. The van der Waals surface area contributed by atoms with Crippen LogP contribution in [-0.2, 0) is 17.5 Å². The summed E-state index contributed by atoms with van der Waals surface area (Å²) in [6.45, 7) is 2.87. The molecule has 0 aromatic carbocycles. The Balaban J connectivity index is 0.00000242. The molecule has 0 bridgehead atoms. The molecule has 9 heteroatoms. The number of rotatable bonds is 3. The summed E-state index contributed by atoms with van der Waals surface area (Å²) in [5.74, 6) is 0.262. The Hall–Kier alpha value is -1.28. The molecule has 1 fully saturated rings. The van der Waals surface area contributed by atoms with Crippen LogP contribution in [0.15, 0.2) is 12.3 Å². The Morgan fingerprint density at radius 3 is 2.73 bits per heavy atom. The zero-order valence-corrected chi connectivity index (χ0v) is 13.0. The van der Waals surface area contributed by atoms with Gasteiger partial charge in [-0.15, -0.1) is 12.4 Å². The SMILES string of the molecule is CC1CCN(C(=O)Cn2ccc(C(F)(F)F)n2)C(CN)C1.Cl. The number of hydrogen-bond donors (Lipinski definition) is 1. The van der Waals surface area contributed by atoms with Crippen molar-refractivity contribution in [3.05, 3.63) is 18.0 Å². The summed E-state index contributed by atoms with van der Waals surface area (Å²) < 4.78 is 38.4. The Morgan fingerprint density at radius 2 is 2.18 bits per heavy atom. The fourth-order valence-corrected chi connectivity index (χ4v) is 2.63. The standard InChI is InChI=1S/C13H19F3N4O.ClH/c1-9-2-5-20(10(6-9)7-17)12(21)8-19-4-3-11(18-19)13(14,15)16;/h3-4,9-10H,2,5-8,17H2,1H3;1H. The lowest BCUT2D eigenvalue weighted by molar-refractivity contribution is -0.142. The predicted octanol–water partition coefficient (Wildman–Crippen LogP) is 1.91. The number of likely N-dealkylation sites (tertiary alicyclic amines) is 1. The Bertz CT molecular complexity index is 506. The van der Waals surface area contributed by atoms with Crippen molar-refractivity contribution in [1.82, 2.24) is 14.7 Å². The van der Waals surface area contributed by atoms with Gasteiger partial charge in [-0.25, -0.2) is 0 Å². The van der Waals surface area contributed by atoms with Crippen molar-refractivity contribution in [1.29, 1.82) is 0 Å². The predicted molar refractivity (Wildman–Crippen MR) is 77.4 cm³/mol. The van der Waals surface area contributed by atoms with Crippen LogP contribution in [0.5, 0.6) is 0 Å². The van der Waals surface area contributed by atoms with Crippen LogP contribution in [0.25, 0.3) is 0 Å². The second-order valence-electron chi connectivity index (χ2n) is 5.50. The molecule has 126 valence electrons. The third-order valence-corrected chi connectivity index (χ3v) is 3.80. The van der Waals surface area contributed by atoms with E-state index in [0.29, 0.717) is 19.0 Å². The van der Waals surface area contributed by atoms with Gasteiger partial charge in [0.2, 0.25) is 5.91 Å². The minimum absolute atomic E-state index is 0. The smallest absolute Gasteiger partial charge is 0.337 e. The average molecular weight is 341 g/mol. The van der Waals surface area contributed by atoms with Crippen LogP contribution < -0.4 is 5.73 Å². The Labute approximate surface area is 133 Å². The maximum absolute atomic E-state index is 12.5. The average Bonchev–Trinajstić information content (AvgIpc) is 2.86. The zero-order valence-electron chi connectivity index (χ0n) is 12.2. The van der Waals surface area contributed by atoms with E-state index in [9.17, 15) is 18.0 Å². The van der Waals surface area contributed by atoms with Crippen LogP contribution in [0.3, 0.4) is 0 Å². The number of aromatic nitrogens is 2. The van der Waals surface area contributed by atoms with Gasteiger partial charge in [-0.05, 0) is 24.8 Å². The highest BCUT2D eigenvalue weighted by Crippen LogP contribution is 2.27. The number of hydrogen-bond acceptors (Lipinski definition) is 3. The highest BCUT2D eigenvalue weighted by Gasteiger charge is 2.34. The van der Waals surface area contributed by atoms with Gasteiger partial charge in [-0.3, -0.25) is 9.48 Å². The van der Waals surface area contributed by atoms with E-state index in [-0.39, 0.29) is 30.9 Å². The van der Waals surface area contributed by atoms with Gasteiger partial charge in [-0.1, -0.05) is 6.92 Å². The van der Waals surface area contributed by atoms with Gasteiger partial charge < -0.3 is 10.6 Å². The zero-order chi connectivity index (χ0) is 15.6. The normalized spacial score (nSPS) is 22.3. The van der Waals surface area contributed by atoms with E-state index < -0.39 is 11.9 Å². The third kappa shape index (κ3) is 4.36. The molecule has 1 aromatic rings. The summed E-state index contributed by atoms with van der Waals surface area (Å²) in [6.07, 6.45) is -1.61. The van der Waals surface area contributed by atoms with Gasteiger partial charge >= 0.3 is 6.18 Å². The maximum atomic E-state index is 12.5. The van der Waals surface area contributed by atoms with Crippen LogP contribution in [0.2, 0.25) is 0 Å². The molecule has 1 saturated heterocycles. The lowest BCUT2D eigenvalue weighted by Gasteiger charge is -2.38. The summed E-state index contributed by atoms with van der Waals surface area (Å²) in [5.41, 5.74) is 4.70. The van der Waals surface area contributed by atoms with Crippen molar-refractivity contribution >= 4 is 18.3 Å². The molecule has 0 radical (unpaired) electrons. The molecule has 22 heavy (non-hydrogen) atoms. The molecule has 0 saturated carbocycles. The van der Waals surface area contributed by atoms with E-state index in [1.165, 1.54) is 6.20 Å². The van der Waals surface area contributed by atoms with Crippen molar-refractivity contribution in [3.8, 4) is 0 Å². The Kier molecular flexibility index (Phi) is 6.25. The molecule has 2 unspecified atom stereocenters. The van der Waals surface area contributed by atoms with E-state index >= 15 is 0 Å².